The van der Waals surface area contributed by atoms with Crippen LogP contribution in [-0.4, -0.2) is 45.8 Å². The Kier molecular flexibility index (Phi) is 6.89. The molecule has 30 heavy (non-hydrogen) atoms. The molecule has 0 spiro atoms. The molecule has 0 saturated carbocycles. The lowest BCUT2D eigenvalue weighted by atomic mass is 9.77. The van der Waals surface area contributed by atoms with Crippen LogP contribution in [-0.2, 0) is 36.3 Å². The fourth-order valence-corrected chi connectivity index (χ4v) is 3.64. The first kappa shape index (κ1) is 24.2. The van der Waals surface area contributed by atoms with Gasteiger partial charge in [0.05, 0.1) is 0 Å². The maximum atomic E-state index is 12.2. The standard InChI is InChI=1S/C23H34O7/c1-21(2,3)15-11-14(12-16(18(15)24)22(4,5)6)13-23(19(25)26,20(27)28)30-17-9-7-8-10-29-17/h11-12,17,24H,7-10,13H2,1-6H3,(H,25,26)(H,27,28). The van der Waals surface area contributed by atoms with Crippen molar-refractivity contribution in [3.63, 3.8) is 0 Å². The van der Waals surface area contributed by atoms with Gasteiger partial charge in [-0.3, -0.25) is 0 Å². The third-order valence-electron chi connectivity index (χ3n) is 5.40. The number of aromatic hydroxyl groups is 1. The van der Waals surface area contributed by atoms with Gasteiger partial charge in [0.25, 0.3) is 5.60 Å². The molecule has 1 atom stereocenters. The van der Waals surface area contributed by atoms with Crippen molar-refractivity contribution >= 4 is 11.9 Å². The first-order valence-electron chi connectivity index (χ1n) is 10.3. The van der Waals surface area contributed by atoms with Crippen LogP contribution in [0.2, 0.25) is 0 Å². The minimum absolute atomic E-state index is 0.145. The number of carbonyl (C=O) groups is 2. The van der Waals surface area contributed by atoms with Gasteiger partial charge in [-0.1, -0.05) is 53.7 Å². The Morgan fingerprint density at radius 3 is 1.87 bits per heavy atom. The average molecular weight is 423 g/mol. The first-order valence-corrected chi connectivity index (χ1v) is 10.3. The largest absolute Gasteiger partial charge is 0.507 e. The van der Waals surface area contributed by atoms with Gasteiger partial charge in [-0.25, -0.2) is 9.59 Å². The lowest BCUT2D eigenvalue weighted by Gasteiger charge is -2.33. The number of carboxylic acid groups (broad SMARTS) is 2. The van der Waals surface area contributed by atoms with E-state index in [1.54, 1.807) is 12.1 Å². The number of hydrogen-bond donors (Lipinski definition) is 3. The maximum absolute atomic E-state index is 12.2. The molecule has 2 rings (SSSR count). The highest BCUT2D eigenvalue weighted by Gasteiger charge is 2.50. The molecular weight excluding hydrogens is 388 g/mol. The molecule has 0 radical (unpaired) electrons. The smallest absolute Gasteiger partial charge is 0.348 e. The lowest BCUT2D eigenvalue weighted by Crippen LogP contribution is -2.53. The Bertz CT molecular complexity index is 744. The Hall–Kier alpha value is -2.12. The third-order valence-corrected chi connectivity index (χ3v) is 5.40. The molecule has 0 aromatic heterocycles. The SMILES string of the molecule is CC(C)(C)c1cc(CC(OC2CCCCO2)(C(=O)O)C(=O)O)cc(C(C)(C)C)c1O. The van der Waals surface area contributed by atoms with E-state index < -0.39 is 34.7 Å². The van der Waals surface area contributed by atoms with E-state index in [0.717, 1.165) is 12.8 Å². The van der Waals surface area contributed by atoms with Crippen LogP contribution in [0.3, 0.4) is 0 Å². The van der Waals surface area contributed by atoms with Crippen molar-refractivity contribution in [1.82, 2.24) is 0 Å². The van der Waals surface area contributed by atoms with Crippen LogP contribution in [0.25, 0.3) is 0 Å². The van der Waals surface area contributed by atoms with Gasteiger partial charge < -0.3 is 24.8 Å². The number of benzene rings is 1. The minimum atomic E-state index is -2.48. The highest BCUT2D eigenvalue weighted by molar-refractivity contribution is 6.02. The van der Waals surface area contributed by atoms with Gasteiger partial charge in [0.15, 0.2) is 6.29 Å². The van der Waals surface area contributed by atoms with Crippen LogP contribution < -0.4 is 0 Å². The average Bonchev–Trinajstić information content (AvgIpc) is 2.60. The van der Waals surface area contributed by atoms with E-state index in [4.69, 9.17) is 9.47 Å². The molecule has 1 aliphatic rings. The molecule has 1 aliphatic heterocycles. The van der Waals surface area contributed by atoms with Crippen LogP contribution in [0.15, 0.2) is 12.1 Å². The Morgan fingerprint density at radius 2 is 1.50 bits per heavy atom. The van der Waals surface area contributed by atoms with Crippen LogP contribution in [0.1, 0.15) is 77.5 Å². The van der Waals surface area contributed by atoms with Gasteiger partial charge in [-0.2, -0.15) is 0 Å². The molecule has 1 heterocycles. The molecule has 1 fully saturated rings. The molecule has 0 aliphatic carbocycles. The van der Waals surface area contributed by atoms with E-state index in [1.165, 1.54) is 0 Å². The summed E-state index contributed by atoms with van der Waals surface area (Å²) in [6.07, 6.45) is 0.783. The summed E-state index contributed by atoms with van der Waals surface area (Å²) in [6, 6.07) is 3.35. The summed E-state index contributed by atoms with van der Waals surface area (Å²) in [5.74, 6) is -3.01. The summed E-state index contributed by atoms with van der Waals surface area (Å²) in [4.78, 5) is 24.3. The zero-order chi connectivity index (χ0) is 22.9. The van der Waals surface area contributed by atoms with Crippen LogP contribution in [0.4, 0.5) is 0 Å². The van der Waals surface area contributed by atoms with Crippen LogP contribution >= 0.6 is 0 Å². The van der Waals surface area contributed by atoms with Gasteiger partial charge >= 0.3 is 11.9 Å². The number of ether oxygens (including phenoxy) is 2. The fraction of sp³-hybridized carbons (Fsp3) is 0.652. The predicted octanol–water partition coefficient (Wildman–Crippen LogP) is 3.98. The van der Waals surface area contributed by atoms with Crippen molar-refractivity contribution in [1.29, 1.82) is 0 Å². The van der Waals surface area contributed by atoms with Gasteiger partial charge in [-0.15, -0.1) is 0 Å². The Labute approximate surface area is 178 Å². The van der Waals surface area contributed by atoms with Gasteiger partial charge in [-0.05, 0) is 46.8 Å². The minimum Gasteiger partial charge on any atom is -0.507 e. The Balaban J connectivity index is 2.58. The van der Waals surface area contributed by atoms with Gasteiger partial charge in [0.2, 0.25) is 0 Å². The van der Waals surface area contributed by atoms with Crippen molar-refractivity contribution in [2.45, 2.75) is 89.9 Å². The molecule has 0 amide bonds. The van der Waals surface area contributed by atoms with Crippen LogP contribution in [0, 0.1) is 0 Å². The van der Waals surface area contributed by atoms with E-state index in [2.05, 4.69) is 0 Å². The molecule has 3 N–H and O–H groups in total. The monoisotopic (exact) mass is 422 g/mol. The van der Waals surface area contributed by atoms with Crippen molar-refractivity contribution in [2.75, 3.05) is 6.61 Å². The number of phenols is 1. The summed E-state index contributed by atoms with van der Waals surface area (Å²) >= 11 is 0. The van der Waals surface area contributed by atoms with Gasteiger partial charge in [0.1, 0.15) is 5.75 Å². The predicted molar refractivity (Wildman–Crippen MR) is 112 cm³/mol. The maximum Gasteiger partial charge on any atom is 0.348 e. The molecule has 1 aromatic rings. The first-order chi connectivity index (χ1) is 13.7. The number of rotatable bonds is 6. The van der Waals surface area contributed by atoms with Crippen molar-refractivity contribution in [3.8, 4) is 5.75 Å². The van der Waals surface area contributed by atoms with Crippen LogP contribution in [0.5, 0.6) is 5.75 Å². The summed E-state index contributed by atoms with van der Waals surface area (Å²) < 4.78 is 11.1. The second-order valence-corrected chi connectivity index (χ2v) is 10.1. The quantitative estimate of drug-likeness (QED) is 0.594. The van der Waals surface area contributed by atoms with E-state index >= 15 is 0 Å². The van der Waals surface area contributed by atoms with Gasteiger partial charge in [0, 0.05) is 13.0 Å². The summed E-state index contributed by atoms with van der Waals surface area (Å²) in [7, 11) is 0. The molecule has 1 unspecified atom stereocenters. The Morgan fingerprint density at radius 1 is 1.00 bits per heavy atom. The second-order valence-electron chi connectivity index (χ2n) is 10.1. The molecular formula is C23H34O7. The van der Waals surface area contributed by atoms with Crippen molar-refractivity contribution < 1.29 is 34.4 Å². The normalized spacial score (nSPS) is 18.3. The summed E-state index contributed by atoms with van der Waals surface area (Å²) in [6.45, 7) is 12.0. The number of aliphatic carboxylic acids is 2. The summed E-state index contributed by atoms with van der Waals surface area (Å²) in [5, 5.41) is 30.7. The fourth-order valence-electron chi connectivity index (χ4n) is 3.64. The third kappa shape index (κ3) is 5.13. The van der Waals surface area contributed by atoms with Crippen molar-refractivity contribution in [3.05, 3.63) is 28.8 Å². The van der Waals surface area contributed by atoms with E-state index in [0.29, 0.717) is 29.7 Å². The number of hydrogen-bond acceptors (Lipinski definition) is 5. The topological polar surface area (TPSA) is 113 Å². The molecule has 168 valence electrons. The molecule has 7 nitrogen and oxygen atoms in total. The van der Waals surface area contributed by atoms with E-state index in [-0.39, 0.29) is 12.2 Å². The second kappa shape index (κ2) is 8.55. The van der Waals surface area contributed by atoms with Crippen molar-refractivity contribution in [2.24, 2.45) is 0 Å². The highest BCUT2D eigenvalue weighted by atomic mass is 16.7. The molecule has 1 aromatic carbocycles. The zero-order valence-electron chi connectivity index (χ0n) is 18.7. The number of phenolic OH excluding ortho intramolecular Hbond substituents is 1. The lowest BCUT2D eigenvalue weighted by molar-refractivity contribution is -0.236. The molecule has 7 heteroatoms. The van der Waals surface area contributed by atoms with E-state index in [1.807, 2.05) is 41.5 Å². The molecule has 0 bridgehead atoms. The molecule has 1 saturated heterocycles. The number of carboxylic acids is 2. The highest BCUT2D eigenvalue weighted by Crippen LogP contribution is 2.40. The zero-order valence-corrected chi connectivity index (χ0v) is 18.7. The summed E-state index contributed by atoms with van der Waals surface area (Å²) in [5.41, 5.74) is -1.61. The van der Waals surface area contributed by atoms with E-state index in [9.17, 15) is 24.9 Å².